The molecule has 0 amide bonds. The molecular weight excluding hydrogens is 301 g/mol. The molecule has 1 saturated heterocycles. The molecule has 0 atom stereocenters. The molecule has 1 aliphatic rings. The van der Waals surface area contributed by atoms with Crippen molar-refractivity contribution in [2.75, 3.05) is 31.1 Å². The molecule has 2 rings (SSSR count). The molecule has 1 aromatic carbocycles. The fourth-order valence-electron chi connectivity index (χ4n) is 1.69. The van der Waals surface area contributed by atoms with Gasteiger partial charge in [-0.15, -0.1) is 0 Å². The van der Waals surface area contributed by atoms with Gasteiger partial charge in [0.05, 0.1) is 11.6 Å². The van der Waals surface area contributed by atoms with Crippen LogP contribution >= 0.6 is 22.9 Å². The van der Waals surface area contributed by atoms with Crippen LogP contribution < -0.4 is 4.90 Å². The fraction of sp³-hybridized carbons (Fsp3) is 0.364. The average molecular weight is 313 g/mol. The Balaban J connectivity index is 2.07. The second-order valence-electron chi connectivity index (χ2n) is 3.56. The summed E-state index contributed by atoms with van der Waals surface area (Å²) in [5.41, 5.74) is 1.95. The fourth-order valence-corrected chi connectivity index (χ4v) is 2.12. The largest absolute Gasteiger partial charge is 0.369 e. The van der Waals surface area contributed by atoms with E-state index in [0.29, 0.717) is 0 Å². The zero-order valence-electron chi connectivity index (χ0n) is 8.36. The number of benzene rings is 1. The molecule has 0 aliphatic carbocycles. The molecule has 1 heterocycles. The van der Waals surface area contributed by atoms with Crippen LogP contribution in [0.15, 0.2) is 24.3 Å². The smallest absolute Gasteiger partial charge is 0.0991 e. The lowest BCUT2D eigenvalue weighted by molar-refractivity contribution is 0.460. The second kappa shape index (κ2) is 4.81. The van der Waals surface area contributed by atoms with Crippen LogP contribution in [0.25, 0.3) is 0 Å². The van der Waals surface area contributed by atoms with Crippen LogP contribution in [0.1, 0.15) is 5.56 Å². The van der Waals surface area contributed by atoms with E-state index in [2.05, 4.69) is 36.9 Å². The minimum absolute atomic E-state index is 0.728. The van der Waals surface area contributed by atoms with Crippen LogP contribution in [0.5, 0.6) is 0 Å². The van der Waals surface area contributed by atoms with Crippen LogP contribution in [0.3, 0.4) is 0 Å². The number of nitriles is 1. The van der Waals surface area contributed by atoms with Gasteiger partial charge in [-0.05, 0) is 24.3 Å². The van der Waals surface area contributed by atoms with Crippen LogP contribution in [-0.4, -0.2) is 29.3 Å². The first kappa shape index (κ1) is 10.7. The summed E-state index contributed by atoms with van der Waals surface area (Å²) < 4.78 is 2.30. The zero-order chi connectivity index (χ0) is 10.7. The molecule has 3 nitrogen and oxygen atoms in total. The van der Waals surface area contributed by atoms with E-state index < -0.39 is 0 Å². The summed E-state index contributed by atoms with van der Waals surface area (Å²) in [6, 6.07) is 9.96. The first-order valence-electron chi connectivity index (χ1n) is 4.95. The average Bonchev–Trinajstić information content (AvgIpc) is 2.30. The summed E-state index contributed by atoms with van der Waals surface area (Å²) in [7, 11) is 0. The number of halogens is 1. The summed E-state index contributed by atoms with van der Waals surface area (Å²) in [5.74, 6) is 0. The van der Waals surface area contributed by atoms with Gasteiger partial charge in [0.2, 0.25) is 0 Å². The van der Waals surface area contributed by atoms with E-state index in [1.807, 2.05) is 24.3 Å². The van der Waals surface area contributed by atoms with Gasteiger partial charge in [-0.2, -0.15) is 5.26 Å². The van der Waals surface area contributed by atoms with Gasteiger partial charge < -0.3 is 4.90 Å². The van der Waals surface area contributed by atoms with Gasteiger partial charge in [-0.3, -0.25) is 0 Å². The molecule has 0 saturated carbocycles. The summed E-state index contributed by atoms with van der Waals surface area (Å²) in [4.78, 5) is 2.36. The summed E-state index contributed by atoms with van der Waals surface area (Å²) in [6.45, 7) is 4.32. The SMILES string of the molecule is N#Cc1ccc(N2CCN(I)CC2)cc1. The van der Waals surface area contributed by atoms with Gasteiger partial charge in [0, 0.05) is 54.7 Å². The Morgan fingerprint density at radius 1 is 1.07 bits per heavy atom. The molecule has 1 aliphatic heterocycles. The third-order valence-corrected chi connectivity index (χ3v) is 3.55. The lowest BCUT2D eigenvalue weighted by Gasteiger charge is -2.32. The van der Waals surface area contributed by atoms with Crippen molar-refractivity contribution in [1.29, 1.82) is 5.26 Å². The third-order valence-electron chi connectivity index (χ3n) is 2.59. The Labute approximate surface area is 104 Å². The van der Waals surface area contributed by atoms with E-state index >= 15 is 0 Å². The summed E-state index contributed by atoms with van der Waals surface area (Å²) in [6.07, 6.45) is 0. The van der Waals surface area contributed by atoms with Crippen LogP contribution in [0.4, 0.5) is 5.69 Å². The monoisotopic (exact) mass is 313 g/mol. The molecule has 1 aromatic rings. The standard InChI is InChI=1S/C11H12IN3/c12-15-7-5-14(6-8-15)11-3-1-10(9-13)2-4-11/h1-4H,5-8H2. The maximum atomic E-state index is 8.70. The Bertz CT molecular complexity index is 360. The first-order valence-corrected chi connectivity index (χ1v) is 5.92. The molecule has 0 unspecified atom stereocenters. The molecule has 78 valence electrons. The van der Waals surface area contributed by atoms with Crippen molar-refractivity contribution in [2.45, 2.75) is 0 Å². The van der Waals surface area contributed by atoms with Crippen LogP contribution in [-0.2, 0) is 0 Å². The van der Waals surface area contributed by atoms with E-state index in [0.717, 1.165) is 31.7 Å². The molecule has 0 N–H and O–H groups in total. The molecule has 1 fully saturated rings. The Morgan fingerprint density at radius 2 is 1.67 bits per heavy atom. The van der Waals surface area contributed by atoms with E-state index in [4.69, 9.17) is 5.26 Å². The lowest BCUT2D eigenvalue weighted by Crippen LogP contribution is -2.42. The Kier molecular flexibility index (Phi) is 3.44. The Hall–Kier alpha value is -0.800. The lowest BCUT2D eigenvalue weighted by atomic mass is 10.2. The predicted molar refractivity (Wildman–Crippen MR) is 69.0 cm³/mol. The Morgan fingerprint density at radius 3 is 2.20 bits per heavy atom. The van der Waals surface area contributed by atoms with Gasteiger partial charge in [0.15, 0.2) is 0 Å². The van der Waals surface area contributed by atoms with Gasteiger partial charge in [0.1, 0.15) is 0 Å². The highest BCUT2D eigenvalue weighted by Gasteiger charge is 2.14. The molecular formula is C11H12IN3. The number of nitrogens with zero attached hydrogens (tertiary/aromatic N) is 3. The van der Waals surface area contributed by atoms with Gasteiger partial charge in [-0.1, -0.05) is 0 Å². The zero-order valence-corrected chi connectivity index (χ0v) is 10.5. The van der Waals surface area contributed by atoms with E-state index in [1.54, 1.807) is 0 Å². The highest BCUT2D eigenvalue weighted by Crippen LogP contribution is 2.18. The van der Waals surface area contributed by atoms with Crippen molar-refractivity contribution in [1.82, 2.24) is 3.11 Å². The number of hydrogen-bond donors (Lipinski definition) is 0. The predicted octanol–water partition coefficient (Wildman–Crippen LogP) is 2.03. The molecule has 0 aromatic heterocycles. The third kappa shape index (κ3) is 2.61. The molecule has 0 spiro atoms. The molecule has 0 radical (unpaired) electrons. The topological polar surface area (TPSA) is 30.3 Å². The summed E-state index contributed by atoms with van der Waals surface area (Å²) in [5, 5.41) is 8.70. The molecule has 0 bridgehead atoms. The van der Waals surface area contributed by atoms with Crippen molar-refractivity contribution in [3.8, 4) is 6.07 Å². The maximum absolute atomic E-state index is 8.70. The number of piperazine rings is 1. The normalized spacial score (nSPS) is 17.5. The number of rotatable bonds is 1. The minimum Gasteiger partial charge on any atom is -0.369 e. The van der Waals surface area contributed by atoms with Crippen LogP contribution in [0.2, 0.25) is 0 Å². The highest BCUT2D eigenvalue weighted by atomic mass is 127. The minimum atomic E-state index is 0.728. The highest BCUT2D eigenvalue weighted by molar-refractivity contribution is 14.1. The molecule has 4 heteroatoms. The second-order valence-corrected chi connectivity index (χ2v) is 4.92. The van der Waals surface area contributed by atoms with Crippen molar-refractivity contribution >= 4 is 28.6 Å². The van der Waals surface area contributed by atoms with Gasteiger partial charge in [-0.25, -0.2) is 3.11 Å². The van der Waals surface area contributed by atoms with E-state index in [9.17, 15) is 0 Å². The van der Waals surface area contributed by atoms with Gasteiger partial charge >= 0.3 is 0 Å². The van der Waals surface area contributed by atoms with Crippen LogP contribution in [0, 0.1) is 11.3 Å². The maximum Gasteiger partial charge on any atom is 0.0991 e. The van der Waals surface area contributed by atoms with Crippen molar-refractivity contribution < 1.29 is 0 Å². The van der Waals surface area contributed by atoms with Crippen molar-refractivity contribution in [3.05, 3.63) is 29.8 Å². The van der Waals surface area contributed by atoms with E-state index in [-0.39, 0.29) is 0 Å². The van der Waals surface area contributed by atoms with Crippen molar-refractivity contribution in [2.24, 2.45) is 0 Å². The number of hydrogen-bond acceptors (Lipinski definition) is 3. The summed E-state index contributed by atoms with van der Waals surface area (Å²) >= 11 is 2.36. The van der Waals surface area contributed by atoms with E-state index in [1.165, 1.54) is 5.69 Å². The van der Waals surface area contributed by atoms with Gasteiger partial charge in [0.25, 0.3) is 0 Å². The van der Waals surface area contributed by atoms with Crippen molar-refractivity contribution in [3.63, 3.8) is 0 Å². The quantitative estimate of drug-likeness (QED) is 0.587. The number of anilines is 1. The first-order chi connectivity index (χ1) is 7.29. The molecule has 15 heavy (non-hydrogen) atoms.